The lowest BCUT2D eigenvalue weighted by atomic mass is 9.96. The third-order valence-electron chi connectivity index (χ3n) is 5.96. The van der Waals surface area contributed by atoms with Gasteiger partial charge in [0.05, 0.1) is 6.04 Å². The average Bonchev–Trinajstić information content (AvgIpc) is 3.07. The number of benzene rings is 2. The van der Waals surface area contributed by atoms with Gasteiger partial charge in [0.1, 0.15) is 18.6 Å². The van der Waals surface area contributed by atoms with E-state index in [0.29, 0.717) is 12.5 Å². The molecule has 0 saturated carbocycles. The highest BCUT2D eigenvalue weighted by atomic mass is 35.5. The lowest BCUT2D eigenvalue weighted by molar-refractivity contribution is -0.112. The van der Waals surface area contributed by atoms with Crippen molar-refractivity contribution < 1.29 is 9.53 Å². The lowest BCUT2D eigenvalue weighted by Crippen LogP contribution is -2.40. The molecule has 5 heteroatoms. The molecule has 0 N–H and O–H groups in total. The molecule has 0 amide bonds. The summed E-state index contributed by atoms with van der Waals surface area (Å²) in [5.74, 6) is 1.53. The fourth-order valence-corrected chi connectivity index (χ4v) is 4.49. The van der Waals surface area contributed by atoms with Crippen molar-refractivity contribution in [2.45, 2.75) is 25.4 Å². The standard InChI is InChI=1S/C23H27ClN2O2/c24-20-5-7-21(8-6-20)28-14-13-25-11-9-18(10-12-25)15-26-16-19-3-1-2-4-22(19)23(26)17-27/h1-8,17-18,23H,9-16H2. The monoisotopic (exact) mass is 398 g/mol. The molecule has 4 nitrogen and oxygen atoms in total. The summed E-state index contributed by atoms with van der Waals surface area (Å²) in [5.41, 5.74) is 2.49. The first kappa shape index (κ1) is 19.4. The van der Waals surface area contributed by atoms with Gasteiger partial charge >= 0.3 is 0 Å². The number of fused-ring (bicyclic) bond motifs is 1. The number of rotatable bonds is 7. The highest BCUT2D eigenvalue weighted by Crippen LogP contribution is 2.33. The van der Waals surface area contributed by atoms with Crippen LogP contribution in [0.1, 0.15) is 30.0 Å². The van der Waals surface area contributed by atoms with E-state index in [1.54, 1.807) is 0 Å². The number of carbonyl (C=O) groups excluding carboxylic acids is 1. The van der Waals surface area contributed by atoms with Crippen molar-refractivity contribution in [1.29, 1.82) is 0 Å². The van der Waals surface area contributed by atoms with Crippen molar-refractivity contribution in [3.8, 4) is 5.75 Å². The maximum absolute atomic E-state index is 11.7. The van der Waals surface area contributed by atoms with Gasteiger partial charge in [-0.2, -0.15) is 0 Å². The first-order chi connectivity index (χ1) is 13.7. The average molecular weight is 399 g/mol. The molecule has 2 heterocycles. The van der Waals surface area contributed by atoms with Crippen LogP contribution in [0.3, 0.4) is 0 Å². The van der Waals surface area contributed by atoms with E-state index in [9.17, 15) is 4.79 Å². The number of likely N-dealkylation sites (tertiary alicyclic amines) is 1. The number of halogens is 1. The molecular weight excluding hydrogens is 372 g/mol. The summed E-state index contributed by atoms with van der Waals surface area (Å²) in [6.45, 7) is 5.74. The van der Waals surface area contributed by atoms with Crippen molar-refractivity contribution in [3.05, 3.63) is 64.7 Å². The molecule has 4 rings (SSSR count). The van der Waals surface area contributed by atoms with E-state index in [-0.39, 0.29) is 6.04 Å². The molecule has 148 valence electrons. The van der Waals surface area contributed by atoms with Crippen molar-refractivity contribution in [2.75, 3.05) is 32.8 Å². The molecule has 2 aliphatic rings. The van der Waals surface area contributed by atoms with Crippen LogP contribution in [-0.2, 0) is 11.3 Å². The van der Waals surface area contributed by atoms with Gasteiger partial charge < -0.3 is 9.53 Å². The second kappa shape index (κ2) is 9.08. The van der Waals surface area contributed by atoms with Gasteiger partial charge in [-0.25, -0.2) is 0 Å². The third-order valence-corrected chi connectivity index (χ3v) is 6.21. The van der Waals surface area contributed by atoms with E-state index in [1.165, 1.54) is 24.0 Å². The Bertz CT molecular complexity index is 787. The van der Waals surface area contributed by atoms with Crippen LogP contribution in [-0.4, -0.2) is 48.9 Å². The number of hydrogen-bond donors (Lipinski definition) is 0. The topological polar surface area (TPSA) is 32.8 Å². The zero-order valence-electron chi connectivity index (χ0n) is 16.1. The number of carbonyl (C=O) groups is 1. The quantitative estimate of drug-likeness (QED) is 0.655. The van der Waals surface area contributed by atoms with Gasteiger partial charge in [-0.3, -0.25) is 9.80 Å². The summed E-state index contributed by atoms with van der Waals surface area (Å²) in [7, 11) is 0. The van der Waals surface area contributed by atoms with Crippen LogP contribution in [0.5, 0.6) is 5.75 Å². The maximum Gasteiger partial charge on any atom is 0.141 e. The molecule has 0 radical (unpaired) electrons. The van der Waals surface area contributed by atoms with Crippen LogP contribution in [0, 0.1) is 5.92 Å². The predicted octanol–water partition coefficient (Wildman–Crippen LogP) is 4.19. The molecule has 0 spiro atoms. The first-order valence-corrected chi connectivity index (χ1v) is 10.5. The van der Waals surface area contributed by atoms with Crippen LogP contribution < -0.4 is 4.74 Å². The molecule has 2 aliphatic heterocycles. The Balaban J connectivity index is 1.20. The number of aldehydes is 1. The van der Waals surface area contributed by atoms with Gasteiger partial charge in [-0.15, -0.1) is 0 Å². The normalized spacial score (nSPS) is 20.8. The fourth-order valence-electron chi connectivity index (χ4n) is 4.37. The maximum atomic E-state index is 11.7. The smallest absolute Gasteiger partial charge is 0.141 e. The van der Waals surface area contributed by atoms with Gasteiger partial charge in [0.15, 0.2) is 0 Å². The summed E-state index contributed by atoms with van der Waals surface area (Å²) in [6.07, 6.45) is 3.47. The highest BCUT2D eigenvalue weighted by Gasteiger charge is 2.31. The Labute approximate surface area is 172 Å². The Kier molecular flexibility index (Phi) is 6.30. The molecular formula is C23H27ClN2O2. The largest absolute Gasteiger partial charge is 0.492 e. The zero-order valence-corrected chi connectivity index (χ0v) is 16.9. The second-order valence-corrected chi connectivity index (χ2v) is 8.23. The third kappa shape index (κ3) is 4.57. The summed E-state index contributed by atoms with van der Waals surface area (Å²) >= 11 is 5.90. The summed E-state index contributed by atoms with van der Waals surface area (Å²) in [5, 5.41) is 0.729. The van der Waals surface area contributed by atoms with E-state index >= 15 is 0 Å². The van der Waals surface area contributed by atoms with Crippen molar-refractivity contribution in [2.24, 2.45) is 5.92 Å². The molecule has 0 aliphatic carbocycles. The molecule has 1 atom stereocenters. The Morgan fingerprint density at radius 2 is 1.82 bits per heavy atom. The number of nitrogens with zero attached hydrogens (tertiary/aromatic N) is 2. The Morgan fingerprint density at radius 3 is 2.57 bits per heavy atom. The fraction of sp³-hybridized carbons (Fsp3) is 0.435. The van der Waals surface area contributed by atoms with Crippen molar-refractivity contribution >= 4 is 17.9 Å². The van der Waals surface area contributed by atoms with Gasteiger partial charge in [0.2, 0.25) is 0 Å². The van der Waals surface area contributed by atoms with E-state index < -0.39 is 0 Å². The Hall–Kier alpha value is -1.88. The highest BCUT2D eigenvalue weighted by molar-refractivity contribution is 6.30. The lowest BCUT2D eigenvalue weighted by Gasteiger charge is -2.34. The number of piperidine rings is 1. The number of hydrogen-bond acceptors (Lipinski definition) is 4. The van der Waals surface area contributed by atoms with Crippen LogP contribution in [0.2, 0.25) is 5.02 Å². The molecule has 1 unspecified atom stereocenters. The molecule has 0 bridgehead atoms. The van der Waals surface area contributed by atoms with Gasteiger partial charge in [-0.1, -0.05) is 35.9 Å². The SMILES string of the molecule is O=CC1c2ccccc2CN1CC1CCN(CCOc2ccc(Cl)cc2)CC1. The van der Waals surface area contributed by atoms with E-state index in [2.05, 4.69) is 28.0 Å². The van der Waals surface area contributed by atoms with E-state index in [0.717, 1.165) is 49.8 Å². The number of ether oxygens (including phenoxy) is 1. The van der Waals surface area contributed by atoms with Crippen LogP contribution in [0.4, 0.5) is 0 Å². The minimum absolute atomic E-state index is 0.0676. The minimum atomic E-state index is -0.0676. The predicted molar refractivity (Wildman–Crippen MR) is 112 cm³/mol. The van der Waals surface area contributed by atoms with Crippen LogP contribution in [0.25, 0.3) is 0 Å². The van der Waals surface area contributed by atoms with Gasteiger partial charge in [0.25, 0.3) is 0 Å². The molecule has 28 heavy (non-hydrogen) atoms. The van der Waals surface area contributed by atoms with E-state index in [4.69, 9.17) is 16.3 Å². The summed E-state index contributed by atoms with van der Waals surface area (Å²) in [4.78, 5) is 16.5. The van der Waals surface area contributed by atoms with Gasteiger partial charge in [0, 0.05) is 24.7 Å². The Morgan fingerprint density at radius 1 is 1.07 bits per heavy atom. The zero-order chi connectivity index (χ0) is 19.3. The molecule has 0 aromatic heterocycles. The van der Waals surface area contributed by atoms with Gasteiger partial charge in [-0.05, 0) is 67.2 Å². The van der Waals surface area contributed by atoms with Crippen LogP contribution >= 0.6 is 11.6 Å². The molecule has 1 saturated heterocycles. The first-order valence-electron chi connectivity index (χ1n) is 10.1. The minimum Gasteiger partial charge on any atom is -0.492 e. The summed E-state index contributed by atoms with van der Waals surface area (Å²) in [6, 6.07) is 15.8. The molecule has 2 aromatic rings. The van der Waals surface area contributed by atoms with E-state index in [1.807, 2.05) is 30.3 Å². The molecule has 2 aromatic carbocycles. The van der Waals surface area contributed by atoms with Crippen molar-refractivity contribution in [3.63, 3.8) is 0 Å². The van der Waals surface area contributed by atoms with Crippen molar-refractivity contribution in [1.82, 2.24) is 9.80 Å². The molecule has 1 fully saturated rings. The second-order valence-electron chi connectivity index (χ2n) is 7.80. The summed E-state index contributed by atoms with van der Waals surface area (Å²) < 4.78 is 5.82. The van der Waals surface area contributed by atoms with Crippen LogP contribution in [0.15, 0.2) is 48.5 Å².